The van der Waals surface area contributed by atoms with Gasteiger partial charge in [-0.15, -0.1) is 0 Å². The van der Waals surface area contributed by atoms with E-state index in [1.165, 1.54) is 6.07 Å². The monoisotopic (exact) mass is 471 g/mol. The van der Waals surface area contributed by atoms with Crippen LogP contribution in [0.5, 0.6) is 0 Å². The summed E-state index contributed by atoms with van der Waals surface area (Å²) in [5, 5.41) is 2.47. The minimum absolute atomic E-state index is 0.0675. The van der Waals surface area contributed by atoms with Crippen LogP contribution in [0, 0.1) is 5.82 Å². The van der Waals surface area contributed by atoms with Gasteiger partial charge in [-0.2, -0.15) is 0 Å². The topological polar surface area (TPSA) is 27.1 Å². The molecule has 0 aliphatic heterocycles. The first kappa shape index (κ1) is 22.8. The Balaban J connectivity index is 0.000000491. The fourth-order valence-electron chi connectivity index (χ4n) is 2.72. The first-order valence-corrected chi connectivity index (χ1v) is 9.57. The second-order valence-corrected chi connectivity index (χ2v) is 7.12. The van der Waals surface area contributed by atoms with E-state index in [1.54, 1.807) is 12.1 Å². The summed E-state index contributed by atoms with van der Waals surface area (Å²) in [5.74, 6) is 0.239. The zero-order valence-electron chi connectivity index (χ0n) is 15.6. The van der Waals surface area contributed by atoms with Crippen molar-refractivity contribution < 1.29 is 31.1 Å². The highest BCUT2D eigenvalue weighted by atomic mass is 35.5. The van der Waals surface area contributed by atoms with Gasteiger partial charge >= 0.3 is 7.25 Å². The molecule has 4 aromatic rings. The van der Waals surface area contributed by atoms with E-state index in [0.717, 1.165) is 21.9 Å². The molecule has 0 bridgehead atoms. The van der Waals surface area contributed by atoms with E-state index in [4.69, 9.17) is 27.6 Å². The SMILES string of the molecule is F[B-](F)(F)F.Fc1ccc([NH+]=c2cc(-c3ccc(Cl)cc3)oc3ccccc23)cc1Cl. The molecule has 0 unspecified atom stereocenters. The van der Waals surface area contributed by atoms with Crippen molar-refractivity contribution in [3.8, 4) is 11.3 Å². The Morgan fingerprint density at radius 2 is 1.45 bits per heavy atom. The van der Waals surface area contributed by atoms with Crippen LogP contribution in [-0.4, -0.2) is 7.25 Å². The summed E-state index contributed by atoms with van der Waals surface area (Å²) in [6.07, 6.45) is 0. The maximum absolute atomic E-state index is 13.4. The molecule has 0 fully saturated rings. The van der Waals surface area contributed by atoms with Gasteiger partial charge in [-0.05, 0) is 42.5 Å². The highest BCUT2D eigenvalue weighted by Gasteiger charge is 2.20. The minimum atomic E-state index is -6.00. The maximum atomic E-state index is 13.4. The Morgan fingerprint density at radius 3 is 2.10 bits per heavy atom. The molecule has 0 atom stereocenters. The highest BCUT2D eigenvalue weighted by molar-refractivity contribution is 6.50. The van der Waals surface area contributed by atoms with Crippen molar-refractivity contribution in [2.45, 2.75) is 0 Å². The molecule has 160 valence electrons. The Bertz CT molecular complexity index is 1270. The van der Waals surface area contributed by atoms with Gasteiger partial charge in [-0.3, -0.25) is 0 Å². The van der Waals surface area contributed by atoms with E-state index in [1.807, 2.05) is 54.6 Å². The normalized spacial score (nSPS) is 11.9. The molecule has 1 heterocycles. The number of para-hydroxylation sites is 1. The van der Waals surface area contributed by atoms with Crippen LogP contribution in [0.25, 0.3) is 22.3 Å². The van der Waals surface area contributed by atoms with E-state index in [0.29, 0.717) is 16.5 Å². The number of hydrogen-bond acceptors (Lipinski definition) is 1. The van der Waals surface area contributed by atoms with Crippen molar-refractivity contribution in [1.29, 1.82) is 0 Å². The largest absolute Gasteiger partial charge is 0.673 e. The summed E-state index contributed by atoms with van der Waals surface area (Å²) in [5.41, 5.74) is 2.32. The Morgan fingerprint density at radius 1 is 0.806 bits per heavy atom. The second-order valence-electron chi connectivity index (χ2n) is 6.28. The minimum Gasteiger partial charge on any atom is -0.456 e. The zero-order chi connectivity index (χ0) is 22.6. The van der Waals surface area contributed by atoms with Crippen LogP contribution in [0.2, 0.25) is 10.0 Å². The number of nitrogens with one attached hydrogen (secondary N) is 1. The average Bonchev–Trinajstić information content (AvgIpc) is 2.70. The predicted molar refractivity (Wildman–Crippen MR) is 112 cm³/mol. The van der Waals surface area contributed by atoms with Crippen molar-refractivity contribution in [1.82, 2.24) is 0 Å². The van der Waals surface area contributed by atoms with Gasteiger partial charge in [-0.1, -0.05) is 35.3 Å². The lowest BCUT2D eigenvalue weighted by Crippen LogP contribution is -2.70. The van der Waals surface area contributed by atoms with Gasteiger partial charge in [0.2, 0.25) is 11.0 Å². The van der Waals surface area contributed by atoms with Crippen LogP contribution in [0.3, 0.4) is 0 Å². The van der Waals surface area contributed by atoms with Crippen LogP contribution in [-0.2, 0) is 0 Å². The van der Waals surface area contributed by atoms with Crippen molar-refractivity contribution in [3.63, 3.8) is 0 Å². The van der Waals surface area contributed by atoms with Crippen molar-refractivity contribution in [3.05, 3.63) is 94.0 Å². The molecular formula is C21H13BCl2F5NO. The molecular weight excluding hydrogens is 459 g/mol. The molecule has 10 heteroatoms. The fraction of sp³-hybridized carbons (Fsp3) is 0. The first-order chi connectivity index (χ1) is 14.6. The molecule has 4 rings (SSSR count). The maximum Gasteiger partial charge on any atom is 0.673 e. The van der Waals surface area contributed by atoms with Crippen molar-refractivity contribution >= 4 is 47.1 Å². The molecule has 1 N–H and O–H groups in total. The number of benzene rings is 3. The predicted octanol–water partition coefficient (Wildman–Crippen LogP) is 6.16. The molecule has 2 nitrogen and oxygen atoms in total. The van der Waals surface area contributed by atoms with Gasteiger partial charge in [0.15, 0.2) is 0 Å². The summed E-state index contributed by atoms with van der Waals surface area (Å²) in [4.78, 5) is 3.30. The van der Waals surface area contributed by atoms with E-state index < -0.39 is 13.1 Å². The zero-order valence-corrected chi connectivity index (χ0v) is 17.1. The van der Waals surface area contributed by atoms with Gasteiger partial charge in [0.25, 0.3) is 0 Å². The Labute approximate surface area is 183 Å². The molecule has 0 radical (unpaired) electrons. The summed E-state index contributed by atoms with van der Waals surface area (Å²) in [6.45, 7) is 0. The number of hydrogen-bond donors (Lipinski definition) is 1. The van der Waals surface area contributed by atoms with Gasteiger partial charge in [0.1, 0.15) is 17.2 Å². The first-order valence-electron chi connectivity index (χ1n) is 8.81. The van der Waals surface area contributed by atoms with Gasteiger partial charge in [0, 0.05) is 22.7 Å². The molecule has 0 aliphatic rings. The molecule has 3 aromatic carbocycles. The van der Waals surface area contributed by atoms with Crippen LogP contribution in [0.15, 0.2) is 77.2 Å². The number of halogens is 7. The number of rotatable bonds is 2. The quantitative estimate of drug-likeness (QED) is 0.275. The third kappa shape index (κ3) is 6.57. The summed E-state index contributed by atoms with van der Waals surface area (Å²) >= 11 is 11.9. The van der Waals surface area contributed by atoms with E-state index in [2.05, 4.69) is 4.99 Å². The van der Waals surface area contributed by atoms with Crippen molar-refractivity contribution in [2.75, 3.05) is 0 Å². The fourth-order valence-corrected chi connectivity index (χ4v) is 3.03. The third-order valence-corrected chi connectivity index (χ3v) is 4.54. The van der Waals surface area contributed by atoms with Crippen LogP contribution in [0.4, 0.5) is 27.3 Å². The van der Waals surface area contributed by atoms with Crippen LogP contribution >= 0.6 is 23.2 Å². The molecule has 0 saturated heterocycles. The van der Waals surface area contributed by atoms with Gasteiger partial charge < -0.3 is 21.7 Å². The lowest BCUT2D eigenvalue weighted by atomic mass is 10.1. The van der Waals surface area contributed by atoms with Crippen LogP contribution < -0.4 is 10.3 Å². The van der Waals surface area contributed by atoms with Gasteiger partial charge in [-0.25, -0.2) is 9.38 Å². The second kappa shape index (κ2) is 9.53. The molecule has 0 saturated carbocycles. The summed E-state index contributed by atoms with van der Waals surface area (Å²) in [6, 6.07) is 21.6. The van der Waals surface area contributed by atoms with Gasteiger partial charge in [0.05, 0.1) is 16.5 Å². The number of fused-ring (bicyclic) bond motifs is 1. The Hall–Kier alpha value is -2.84. The van der Waals surface area contributed by atoms with E-state index in [-0.39, 0.29) is 5.02 Å². The third-order valence-electron chi connectivity index (χ3n) is 4.00. The average molecular weight is 472 g/mol. The smallest absolute Gasteiger partial charge is 0.456 e. The van der Waals surface area contributed by atoms with E-state index >= 15 is 0 Å². The standard InChI is InChI=1S/C21H12Cl2FNO.BF4/c22-14-7-5-13(6-8-14)21-12-19(16-3-1-2-4-20(16)26-21)25-15-9-10-18(24)17(23)11-15;2-1(3,4)5/h1-12H;/q;-1/p+1. The summed E-state index contributed by atoms with van der Waals surface area (Å²) in [7, 11) is -6.00. The molecule has 1 aromatic heterocycles. The molecule has 0 aliphatic carbocycles. The lowest BCUT2D eigenvalue weighted by molar-refractivity contribution is -0.400. The van der Waals surface area contributed by atoms with E-state index in [9.17, 15) is 21.7 Å². The highest BCUT2D eigenvalue weighted by Crippen LogP contribution is 2.23. The molecule has 0 amide bonds. The summed E-state index contributed by atoms with van der Waals surface area (Å²) < 4.78 is 58.5. The molecule has 31 heavy (non-hydrogen) atoms. The molecule has 0 spiro atoms. The van der Waals surface area contributed by atoms with Crippen LogP contribution in [0.1, 0.15) is 0 Å². The lowest BCUT2D eigenvalue weighted by Gasteiger charge is -2.03. The van der Waals surface area contributed by atoms with Crippen molar-refractivity contribution in [2.24, 2.45) is 0 Å². The Kier molecular flexibility index (Phi) is 7.03.